The van der Waals surface area contributed by atoms with E-state index in [1.165, 1.54) is 0 Å². The number of carbonyl (C=O) groups is 1. The van der Waals surface area contributed by atoms with E-state index < -0.39 is 0 Å². The fourth-order valence-corrected chi connectivity index (χ4v) is 5.11. The molecule has 2 aromatic rings. The van der Waals surface area contributed by atoms with Gasteiger partial charge in [-0.3, -0.25) is 10.1 Å². The van der Waals surface area contributed by atoms with E-state index in [1.807, 2.05) is 4.57 Å². The summed E-state index contributed by atoms with van der Waals surface area (Å²) in [5, 5.41) is 12.5. The third-order valence-electron chi connectivity index (χ3n) is 6.19. The van der Waals surface area contributed by atoms with Gasteiger partial charge in [0.2, 0.25) is 11.9 Å². The molecule has 1 N–H and O–H groups in total. The Morgan fingerprint density at radius 3 is 2.56 bits per heavy atom. The van der Waals surface area contributed by atoms with Crippen molar-refractivity contribution in [3.8, 4) is 11.8 Å². The number of fused-ring (bicyclic) bond motifs is 2. The number of hydrogen-bond acceptors (Lipinski definition) is 4. The zero-order valence-corrected chi connectivity index (χ0v) is 16.6. The lowest BCUT2D eigenvalue weighted by Crippen LogP contribution is -2.45. The smallest absolute Gasteiger partial charge is 0.232 e. The number of carbonyl (C=O) groups excluding carboxylic acids is 1. The largest absolute Gasteiger partial charge is 0.494 e. The molecule has 3 fully saturated rings. The van der Waals surface area contributed by atoms with Crippen molar-refractivity contribution in [1.82, 2.24) is 9.55 Å². The Hall–Kier alpha value is -2.55. The Kier molecular flexibility index (Phi) is 3.62. The molecule has 0 aliphatic heterocycles. The minimum atomic E-state index is -0.322. The van der Waals surface area contributed by atoms with Crippen LogP contribution in [-0.2, 0) is 10.3 Å². The minimum absolute atomic E-state index is 0.0674. The number of anilines is 1. The van der Waals surface area contributed by atoms with E-state index in [1.54, 1.807) is 19.2 Å². The first-order valence-corrected chi connectivity index (χ1v) is 9.43. The number of nitrogens with zero attached hydrogens (tertiary/aromatic N) is 3. The van der Waals surface area contributed by atoms with E-state index >= 15 is 0 Å². The van der Waals surface area contributed by atoms with Gasteiger partial charge in [0.05, 0.1) is 29.7 Å². The average Bonchev–Trinajstić information content (AvgIpc) is 3.21. The molecule has 6 nitrogen and oxygen atoms in total. The molecule has 5 rings (SSSR count). The molecule has 1 heterocycles. The van der Waals surface area contributed by atoms with E-state index in [-0.39, 0.29) is 16.9 Å². The van der Waals surface area contributed by atoms with Crippen molar-refractivity contribution in [2.24, 2.45) is 10.8 Å². The van der Waals surface area contributed by atoms with Gasteiger partial charge in [-0.05, 0) is 57.9 Å². The van der Waals surface area contributed by atoms with Crippen molar-refractivity contribution in [1.29, 1.82) is 5.26 Å². The maximum atomic E-state index is 13.1. The summed E-state index contributed by atoms with van der Waals surface area (Å²) in [5.74, 6) is 1.13. The topological polar surface area (TPSA) is 79.9 Å². The van der Waals surface area contributed by atoms with E-state index in [9.17, 15) is 10.1 Å². The van der Waals surface area contributed by atoms with Crippen LogP contribution in [0, 0.1) is 22.2 Å². The van der Waals surface area contributed by atoms with Gasteiger partial charge >= 0.3 is 0 Å². The summed E-state index contributed by atoms with van der Waals surface area (Å²) in [6.45, 7) is 8.45. The summed E-state index contributed by atoms with van der Waals surface area (Å²) in [4.78, 5) is 17.8. The van der Waals surface area contributed by atoms with Crippen LogP contribution in [0.3, 0.4) is 0 Å². The molecule has 3 aliphatic carbocycles. The van der Waals surface area contributed by atoms with E-state index in [4.69, 9.17) is 9.72 Å². The highest BCUT2D eigenvalue weighted by Crippen LogP contribution is 2.67. The number of aromatic nitrogens is 2. The van der Waals surface area contributed by atoms with Crippen molar-refractivity contribution < 1.29 is 9.53 Å². The van der Waals surface area contributed by atoms with Crippen molar-refractivity contribution in [3.05, 3.63) is 17.7 Å². The fraction of sp³-hybridized carbons (Fsp3) is 0.571. The zero-order valence-electron chi connectivity index (χ0n) is 16.6. The molecule has 2 bridgehead atoms. The molecule has 6 heteroatoms. The van der Waals surface area contributed by atoms with Crippen molar-refractivity contribution in [2.75, 3.05) is 12.4 Å². The molecule has 27 heavy (non-hydrogen) atoms. The van der Waals surface area contributed by atoms with E-state index in [2.05, 4.69) is 39.1 Å². The highest BCUT2D eigenvalue weighted by atomic mass is 16.5. The Morgan fingerprint density at radius 2 is 2.04 bits per heavy atom. The first-order chi connectivity index (χ1) is 12.6. The molecule has 3 aliphatic rings. The number of benzene rings is 1. The molecule has 3 saturated carbocycles. The predicted octanol–water partition coefficient (Wildman–Crippen LogP) is 4.19. The molecule has 0 spiro atoms. The van der Waals surface area contributed by atoms with Crippen molar-refractivity contribution >= 4 is 22.9 Å². The third-order valence-corrected chi connectivity index (χ3v) is 6.19. The SMILES string of the molecule is COc1cc(C#N)cc2c1nc(NC(=O)C13CCC(C)(C1)C3)n2C(C)(C)C. The predicted molar refractivity (Wildman–Crippen MR) is 104 cm³/mol. The summed E-state index contributed by atoms with van der Waals surface area (Å²) in [6.07, 6.45) is 4.00. The molecule has 142 valence electrons. The number of amides is 1. The van der Waals surface area contributed by atoms with Crippen LogP contribution >= 0.6 is 0 Å². The molecule has 0 atom stereocenters. The normalized spacial score (nSPS) is 26.5. The van der Waals surface area contributed by atoms with Crippen LogP contribution in [-0.4, -0.2) is 22.6 Å². The van der Waals surface area contributed by atoms with Crippen molar-refractivity contribution in [2.45, 2.75) is 58.9 Å². The number of imidazole rings is 1. The Bertz CT molecular complexity index is 984. The van der Waals surface area contributed by atoms with Crippen LogP contribution in [0.25, 0.3) is 11.0 Å². The van der Waals surface area contributed by atoms with Gasteiger partial charge in [0.25, 0.3) is 0 Å². The number of ether oxygens (including phenoxy) is 1. The Morgan fingerprint density at radius 1 is 1.33 bits per heavy atom. The number of hydrogen-bond donors (Lipinski definition) is 1. The standard InChI is InChI=1S/C21H26N4O2/c1-19(2,3)25-14-8-13(10-22)9-15(27-5)16(14)23-18(25)24-17(26)21-7-6-20(4,11-21)12-21/h8-9H,6-7,11-12H2,1-5H3,(H,23,24,26). The maximum absolute atomic E-state index is 13.1. The van der Waals surface area contributed by atoms with Crippen LogP contribution in [0.5, 0.6) is 5.75 Å². The van der Waals surface area contributed by atoms with Crippen LogP contribution in [0.1, 0.15) is 58.9 Å². The van der Waals surface area contributed by atoms with Gasteiger partial charge in [-0.15, -0.1) is 0 Å². The molecule has 0 radical (unpaired) electrons. The number of methoxy groups -OCH3 is 1. The number of nitrogens with one attached hydrogen (secondary N) is 1. The second kappa shape index (κ2) is 5.48. The Balaban J connectivity index is 1.81. The Labute approximate surface area is 159 Å². The molecule has 0 saturated heterocycles. The molecule has 0 unspecified atom stereocenters. The summed E-state index contributed by atoms with van der Waals surface area (Å²) in [6, 6.07) is 5.66. The molecule has 1 amide bonds. The van der Waals surface area contributed by atoms with Gasteiger partial charge in [-0.25, -0.2) is 4.98 Å². The monoisotopic (exact) mass is 366 g/mol. The first kappa shape index (κ1) is 17.8. The van der Waals surface area contributed by atoms with Gasteiger partial charge < -0.3 is 9.30 Å². The fourth-order valence-electron chi connectivity index (χ4n) is 5.11. The summed E-state index contributed by atoms with van der Waals surface area (Å²) in [5.41, 5.74) is 1.73. The zero-order chi connectivity index (χ0) is 19.6. The lowest BCUT2D eigenvalue weighted by atomic mass is 9.61. The summed E-state index contributed by atoms with van der Waals surface area (Å²) < 4.78 is 7.45. The van der Waals surface area contributed by atoms with E-state index in [0.29, 0.717) is 28.2 Å². The molecular weight excluding hydrogens is 340 g/mol. The second-order valence-electron chi connectivity index (χ2n) is 9.50. The highest BCUT2D eigenvalue weighted by molar-refractivity contribution is 5.97. The lowest BCUT2D eigenvalue weighted by molar-refractivity contribution is -0.132. The number of nitriles is 1. The van der Waals surface area contributed by atoms with Gasteiger partial charge in [-0.1, -0.05) is 6.92 Å². The van der Waals surface area contributed by atoms with Crippen molar-refractivity contribution in [3.63, 3.8) is 0 Å². The molecular formula is C21H26N4O2. The average molecular weight is 366 g/mol. The van der Waals surface area contributed by atoms with Gasteiger partial charge in [0.1, 0.15) is 11.3 Å². The number of rotatable bonds is 3. The van der Waals surface area contributed by atoms with Crippen LogP contribution in [0.2, 0.25) is 0 Å². The van der Waals surface area contributed by atoms with Crippen LogP contribution in [0.4, 0.5) is 5.95 Å². The van der Waals surface area contributed by atoms with Gasteiger partial charge in [0, 0.05) is 11.6 Å². The van der Waals surface area contributed by atoms with Crippen LogP contribution in [0.15, 0.2) is 12.1 Å². The van der Waals surface area contributed by atoms with Crippen LogP contribution < -0.4 is 10.1 Å². The second-order valence-corrected chi connectivity index (χ2v) is 9.50. The third kappa shape index (κ3) is 2.60. The maximum Gasteiger partial charge on any atom is 0.232 e. The molecule has 1 aromatic carbocycles. The quantitative estimate of drug-likeness (QED) is 0.883. The van der Waals surface area contributed by atoms with Gasteiger partial charge in [-0.2, -0.15) is 5.26 Å². The lowest BCUT2D eigenvalue weighted by Gasteiger charge is -2.44. The highest BCUT2D eigenvalue weighted by Gasteiger charge is 2.62. The summed E-state index contributed by atoms with van der Waals surface area (Å²) >= 11 is 0. The molecule has 1 aromatic heterocycles. The minimum Gasteiger partial charge on any atom is -0.494 e. The first-order valence-electron chi connectivity index (χ1n) is 9.43. The van der Waals surface area contributed by atoms with E-state index in [0.717, 1.165) is 31.2 Å². The summed E-state index contributed by atoms with van der Waals surface area (Å²) in [7, 11) is 1.57. The van der Waals surface area contributed by atoms with Gasteiger partial charge in [0.15, 0.2) is 0 Å².